The van der Waals surface area contributed by atoms with Gasteiger partial charge in [0.25, 0.3) is 0 Å². The number of carboxylic acid groups (broad SMARTS) is 1. The van der Waals surface area contributed by atoms with Crippen LogP contribution in [0.1, 0.15) is 24.0 Å². The van der Waals surface area contributed by atoms with Crippen LogP contribution in [0.3, 0.4) is 0 Å². The number of carbonyl (C=O) groups is 2. The molecule has 90 valence electrons. The third-order valence-electron chi connectivity index (χ3n) is 3.01. The minimum absolute atomic E-state index is 0.0475. The van der Waals surface area contributed by atoms with E-state index in [-0.39, 0.29) is 18.2 Å². The maximum atomic E-state index is 11.3. The van der Waals surface area contributed by atoms with Crippen molar-refractivity contribution >= 4 is 11.9 Å². The number of rotatable bonds is 1. The lowest BCUT2D eigenvalue weighted by Gasteiger charge is -2.32. The average molecular weight is 235 g/mol. The van der Waals surface area contributed by atoms with E-state index in [2.05, 4.69) is 0 Å². The maximum Gasteiger partial charge on any atom is 0.312 e. The SMILES string of the molecule is CC(=O)N1Cc2ccc(O)cc2C(C(=O)O)C1. The molecule has 0 saturated heterocycles. The van der Waals surface area contributed by atoms with Crippen LogP contribution in [0, 0.1) is 0 Å². The van der Waals surface area contributed by atoms with E-state index in [1.165, 1.54) is 24.0 Å². The standard InChI is InChI=1S/C12H13NO4/c1-7(14)13-5-8-2-3-9(15)4-10(8)11(6-13)12(16)17/h2-4,11,15H,5-6H2,1H3,(H,16,17). The van der Waals surface area contributed by atoms with Gasteiger partial charge in [-0.2, -0.15) is 0 Å². The number of carbonyl (C=O) groups excluding carboxylic acids is 1. The zero-order valence-corrected chi connectivity index (χ0v) is 9.38. The van der Waals surface area contributed by atoms with Crippen LogP contribution in [-0.4, -0.2) is 33.5 Å². The Labute approximate surface area is 98.3 Å². The van der Waals surface area contributed by atoms with Gasteiger partial charge in [-0.3, -0.25) is 9.59 Å². The van der Waals surface area contributed by atoms with E-state index >= 15 is 0 Å². The van der Waals surface area contributed by atoms with Crippen molar-refractivity contribution in [1.29, 1.82) is 0 Å². The Hall–Kier alpha value is -2.04. The molecule has 2 rings (SSSR count). The molecule has 1 amide bonds. The number of aromatic hydroxyl groups is 1. The monoisotopic (exact) mass is 235 g/mol. The third kappa shape index (κ3) is 2.08. The first-order chi connectivity index (χ1) is 7.99. The van der Waals surface area contributed by atoms with Gasteiger partial charge in [0.05, 0.1) is 5.92 Å². The molecule has 0 bridgehead atoms. The Kier molecular flexibility index (Phi) is 2.75. The number of fused-ring (bicyclic) bond motifs is 1. The first kappa shape index (κ1) is 11.4. The maximum absolute atomic E-state index is 11.3. The molecule has 5 nitrogen and oxygen atoms in total. The van der Waals surface area contributed by atoms with E-state index in [4.69, 9.17) is 5.11 Å². The summed E-state index contributed by atoms with van der Waals surface area (Å²) in [4.78, 5) is 24.0. The zero-order chi connectivity index (χ0) is 12.6. The highest BCUT2D eigenvalue weighted by Crippen LogP contribution is 2.31. The summed E-state index contributed by atoms with van der Waals surface area (Å²) in [5.41, 5.74) is 1.37. The number of nitrogens with zero attached hydrogens (tertiary/aromatic N) is 1. The van der Waals surface area contributed by atoms with Crippen LogP contribution in [0.2, 0.25) is 0 Å². The van der Waals surface area contributed by atoms with Crippen molar-refractivity contribution in [3.05, 3.63) is 29.3 Å². The molecule has 0 saturated carbocycles. The number of hydrogen-bond acceptors (Lipinski definition) is 3. The lowest BCUT2D eigenvalue weighted by atomic mass is 9.89. The summed E-state index contributed by atoms with van der Waals surface area (Å²) in [6, 6.07) is 4.63. The lowest BCUT2D eigenvalue weighted by molar-refractivity contribution is -0.141. The molecule has 1 heterocycles. The molecule has 1 atom stereocenters. The van der Waals surface area contributed by atoms with E-state index in [1.807, 2.05) is 0 Å². The molecular formula is C12H13NO4. The summed E-state index contributed by atoms with van der Waals surface area (Å²) in [6.45, 7) is 1.97. The fraction of sp³-hybridized carbons (Fsp3) is 0.333. The molecule has 1 unspecified atom stereocenters. The van der Waals surface area contributed by atoms with Gasteiger partial charge in [-0.25, -0.2) is 0 Å². The van der Waals surface area contributed by atoms with E-state index < -0.39 is 11.9 Å². The van der Waals surface area contributed by atoms with Crippen molar-refractivity contribution in [1.82, 2.24) is 4.90 Å². The number of aliphatic carboxylic acids is 1. The summed E-state index contributed by atoms with van der Waals surface area (Å²) >= 11 is 0. The van der Waals surface area contributed by atoms with Gasteiger partial charge >= 0.3 is 5.97 Å². The molecule has 0 radical (unpaired) electrons. The second-order valence-electron chi connectivity index (χ2n) is 4.17. The molecule has 1 aliphatic heterocycles. The van der Waals surface area contributed by atoms with Crippen molar-refractivity contribution in [2.75, 3.05) is 6.54 Å². The summed E-state index contributed by atoms with van der Waals surface area (Å²) < 4.78 is 0. The van der Waals surface area contributed by atoms with Gasteiger partial charge in [-0.05, 0) is 23.3 Å². The van der Waals surface area contributed by atoms with Gasteiger partial charge in [0.2, 0.25) is 5.91 Å². The van der Waals surface area contributed by atoms with Crippen LogP contribution in [-0.2, 0) is 16.1 Å². The molecule has 2 N–H and O–H groups in total. The number of carboxylic acids is 1. The van der Waals surface area contributed by atoms with Crippen LogP contribution in [0.25, 0.3) is 0 Å². The predicted octanol–water partition coefficient (Wildman–Crippen LogP) is 0.923. The topological polar surface area (TPSA) is 77.8 Å². The van der Waals surface area contributed by atoms with Crippen LogP contribution in [0.15, 0.2) is 18.2 Å². The highest BCUT2D eigenvalue weighted by Gasteiger charge is 2.31. The van der Waals surface area contributed by atoms with Gasteiger partial charge in [0.1, 0.15) is 5.75 Å². The van der Waals surface area contributed by atoms with Crippen LogP contribution < -0.4 is 0 Å². The van der Waals surface area contributed by atoms with Crippen molar-refractivity contribution in [2.45, 2.75) is 19.4 Å². The summed E-state index contributed by atoms with van der Waals surface area (Å²) in [5.74, 6) is -1.85. The Morgan fingerprint density at radius 2 is 2.12 bits per heavy atom. The molecule has 1 aromatic carbocycles. The Morgan fingerprint density at radius 3 is 2.71 bits per heavy atom. The minimum Gasteiger partial charge on any atom is -0.508 e. The van der Waals surface area contributed by atoms with Crippen molar-refractivity contribution in [3.8, 4) is 5.75 Å². The molecule has 1 aromatic rings. The van der Waals surface area contributed by atoms with E-state index in [0.29, 0.717) is 12.1 Å². The van der Waals surface area contributed by atoms with E-state index in [9.17, 15) is 14.7 Å². The molecule has 1 aliphatic rings. The molecule has 5 heteroatoms. The van der Waals surface area contributed by atoms with Gasteiger partial charge in [-0.1, -0.05) is 6.07 Å². The van der Waals surface area contributed by atoms with Gasteiger partial charge in [-0.15, -0.1) is 0 Å². The third-order valence-corrected chi connectivity index (χ3v) is 3.01. The van der Waals surface area contributed by atoms with Gasteiger partial charge in [0, 0.05) is 20.0 Å². The number of amides is 1. The van der Waals surface area contributed by atoms with Crippen LogP contribution in [0.4, 0.5) is 0 Å². The zero-order valence-electron chi connectivity index (χ0n) is 9.38. The lowest BCUT2D eigenvalue weighted by Crippen LogP contribution is -2.39. The fourth-order valence-electron chi connectivity index (χ4n) is 2.09. The first-order valence-corrected chi connectivity index (χ1v) is 5.29. The molecule has 0 aromatic heterocycles. The Balaban J connectivity index is 2.45. The summed E-state index contributed by atoms with van der Waals surface area (Å²) in [5, 5.41) is 18.5. The summed E-state index contributed by atoms with van der Waals surface area (Å²) in [7, 11) is 0. The molecule has 0 spiro atoms. The highest BCUT2D eigenvalue weighted by atomic mass is 16.4. The quantitative estimate of drug-likeness (QED) is 0.758. The fourth-order valence-corrected chi connectivity index (χ4v) is 2.09. The predicted molar refractivity (Wildman–Crippen MR) is 59.6 cm³/mol. The number of hydrogen-bond donors (Lipinski definition) is 2. The second kappa shape index (κ2) is 4.08. The number of phenolic OH excluding ortho intramolecular Hbond substituents is 1. The van der Waals surface area contributed by atoms with Gasteiger partial charge < -0.3 is 15.1 Å². The molecule has 0 fully saturated rings. The molecule has 17 heavy (non-hydrogen) atoms. The Bertz CT molecular complexity index is 483. The minimum atomic E-state index is -0.984. The molecule has 0 aliphatic carbocycles. The van der Waals surface area contributed by atoms with Crippen molar-refractivity contribution in [3.63, 3.8) is 0 Å². The van der Waals surface area contributed by atoms with Crippen LogP contribution >= 0.6 is 0 Å². The normalized spacial score (nSPS) is 18.6. The smallest absolute Gasteiger partial charge is 0.312 e. The summed E-state index contributed by atoms with van der Waals surface area (Å²) in [6.07, 6.45) is 0. The van der Waals surface area contributed by atoms with Crippen LogP contribution in [0.5, 0.6) is 5.75 Å². The first-order valence-electron chi connectivity index (χ1n) is 5.29. The van der Waals surface area contributed by atoms with E-state index in [1.54, 1.807) is 6.07 Å². The molecular weight excluding hydrogens is 222 g/mol. The van der Waals surface area contributed by atoms with E-state index in [0.717, 1.165) is 5.56 Å². The van der Waals surface area contributed by atoms with Gasteiger partial charge in [0.15, 0.2) is 0 Å². The second-order valence-corrected chi connectivity index (χ2v) is 4.17. The van der Waals surface area contributed by atoms with Crippen molar-refractivity contribution < 1.29 is 19.8 Å². The largest absolute Gasteiger partial charge is 0.508 e. The Morgan fingerprint density at radius 1 is 1.41 bits per heavy atom. The average Bonchev–Trinajstić information content (AvgIpc) is 2.27. The number of benzene rings is 1. The number of phenols is 1. The highest BCUT2D eigenvalue weighted by molar-refractivity contribution is 5.80. The van der Waals surface area contributed by atoms with Crippen molar-refractivity contribution in [2.24, 2.45) is 0 Å².